The van der Waals surface area contributed by atoms with E-state index < -0.39 is 41.8 Å². The largest absolute Gasteiger partial charge is 0.496 e. The number of rotatable bonds is 15. The predicted molar refractivity (Wildman–Crippen MR) is 196 cm³/mol. The summed E-state index contributed by atoms with van der Waals surface area (Å²) in [5, 5.41) is 34.5. The molecule has 0 radical (unpaired) electrons. The van der Waals surface area contributed by atoms with Gasteiger partial charge in [0, 0.05) is 56.5 Å². The Morgan fingerprint density at radius 1 is 1.15 bits per heavy atom. The Kier molecular flexibility index (Phi) is 12.7. The van der Waals surface area contributed by atoms with Gasteiger partial charge in [-0.1, -0.05) is 61.5 Å². The average Bonchev–Trinajstić information content (AvgIpc) is 3.54. The maximum absolute atomic E-state index is 16.6. The lowest BCUT2D eigenvalue weighted by Crippen LogP contribution is -2.51. The van der Waals surface area contributed by atoms with E-state index in [-0.39, 0.29) is 30.5 Å². The van der Waals surface area contributed by atoms with Crippen LogP contribution in [0.5, 0.6) is 5.75 Å². The molecule has 1 aliphatic carbocycles. The molecule has 12 heteroatoms. The Morgan fingerprint density at radius 3 is 2.62 bits per heavy atom. The van der Waals surface area contributed by atoms with Crippen molar-refractivity contribution in [1.29, 1.82) is 0 Å². The van der Waals surface area contributed by atoms with E-state index in [1.807, 2.05) is 50.3 Å². The fraction of sp³-hybridized carbons (Fsp3) is 0.375. The lowest BCUT2D eigenvalue weighted by molar-refractivity contribution is -0.140. The number of aliphatic carboxylic acids is 1. The molecule has 276 valence electrons. The summed E-state index contributed by atoms with van der Waals surface area (Å²) >= 11 is 0. The second kappa shape index (κ2) is 17.2. The van der Waals surface area contributed by atoms with Crippen LogP contribution in [0.25, 0.3) is 11.4 Å². The fourth-order valence-corrected chi connectivity index (χ4v) is 6.77. The third kappa shape index (κ3) is 8.83. The number of aliphatic hydroxyl groups excluding tert-OH is 2. The molecule has 0 bridgehead atoms. The zero-order valence-corrected chi connectivity index (χ0v) is 29.9. The van der Waals surface area contributed by atoms with Gasteiger partial charge in [-0.15, -0.1) is 0 Å². The van der Waals surface area contributed by atoms with Gasteiger partial charge >= 0.3 is 5.97 Å². The summed E-state index contributed by atoms with van der Waals surface area (Å²) in [5.74, 6) is -2.42. The van der Waals surface area contributed by atoms with Crippen molar-refractivity contribution in [2.45, 2.75) is 57.6 Å². The number of aromatic nitrogens is 1. The lowest BCUT2D eigenvalue weighted by atomic mass is 9.73. The molecular formula is C40H47FN4O7. The van der Waals surface area contributed by atoms with E-state index in [9.17, 15) is 24.9 Å². The highest BCUT2D eigenvalue weighted by Crippen LogP contribution is 2.40. The van der Waals surface area contributed by atoms with Crippen molar-refractivity contribution in [2.75, 3.05) is 33.9 Å². The Hall–Kier alpha value is -4.72. The molecule has 3 aromatic rings. The average molecular weight is 715 g/mol. The Labute approximate surface area is 303 Å². The van der Waals surface area contributed by atoms with Crippen molar-refractivity contribution in [2.24, 2.45) is 5.92 Å². The number of hydrogen-bond acceptors (Lipinski definition) is 9. The second-order valence-electron chi connectivity index (χ2n) is 13.3. The van der Waals surface area contributed by atoms with Crippen molar-refractivity contribution < 1.29 is 38.8 Å². The van der Waals surface area contributed by atoms with Crippen LogP contribution in [0, 0.1) is 12.8 Å². The minimum atomic E-state index is -1.33. The lowest BCUT2D eigenvalue weighted by Gasteiger charge is -2.39. The fourth-order valence-electron chi connectivity index (χ4n) is 6.77. The molecular weight excluding hydrogens is 667 g/mol. The number of aliphatic hydroxyl groups is 2. The Balaban J connectivity index is 1.50. The summed E-state index contributed by atoms with van der Waals surface area (Å²) in [6.07, 6.45) is 8.98. The predicted octanol–water partition coefficient (Wildman–Crippen LogP) is 4.42. The van der Waals surface area contributed by atoms with E-state index in [4.69, 9.17) is 9.47 Å². The van der Waals surface area contributed by atoms with Crippen LogP contribution in [0.2, 0.25) is 0 Å². The number of methoxy groups -OCH3 is 2. The van der Waals surface area contributed by atoms with Gasteiger partial charge in [-0.25, -0.2) is 4.39 Å². The number of nitrogens with one attached hydrogen (secondary N) is 2. The van der Waals surface area contributed by atoms with Crippen LogP contribution in [-0.2, 0) is 29.2 Å². The number of aryl methyl sites for hydroxylation is 1. The van der Waals surface area contributed by atoms with Gasteiger partial charge in [-0.3, -0.25) is 24.8 Å². The quantitative estimate of drug-likeness (QED) is 0.153. The molecule has 0 saturated carbocycles. The standard InChI is InChI=1S/C40H47FN4O7/c1-25-8-5-6-9-32(25)33-10-7-14-40(26(33)2,18-34(41)27-11-12-28(37(17-27)52-4)19-43-36(23-46)39(49)50)44-38(48)35-16-29(24-51-3)30(20-42-35)21-45-15-13-31(47)22-45/h5-12,14,16-18,20,26,31,36,43,46-47H,13,15,19,21-24H2,1-4H3,(H,44,48)(H,49,50)/b34-18-/t26?,31-,36?,40?/m0/s1. The van der Waals surface area contributed by atoms with Crippen molar-refractivity contribution in [3.05, 3.63) is 118 Å². The van der Waals surface area contributed by atoms with E-state index in [0.717, 1.165) is 34.4 Å². The van der Waals surface area contributed by atoms with Crippen LogP contribution in [0.15, 0.2) is 79.0 Å². The van der Waals surface area contributed by atoms with Gasteiger partial charge in [0.05, 0.1) is 32.0 Å². The number of carbonyl (C=O) groups is 2. The first-order valence-corrected chi connectivity index (χ1v) is 17.3. The minimum absolute atomic E-state index is 0.0630. The summed E-state index contributed by atoms with van der Waals surface area (Å²) in [4.78, 5) is 32.2. The number of amides is 1. The summed E-state index contributed by atoms with van der Waals surface area (Å²) < 4.78 is 27.6. The number of halogens is 1. The highest BCUT2D eigenvalue weighted by Gasteiger charge is 2.39. The zero-order valence-electron chi connectivity index (χ0n) is 29.9. The van der Waals surface area contributed by atoms with Gasteiger partial charge in [-0.2, -0.15) is 0 Å². The van der Waals surface area contributed by atoms with Gasteiger partial charge in [0.25, 0.3) is 5.91 Å². The van der Waals surface area contributed by atoms with E-state index in [1.165, 1.54) is 19.3 Å². The molecule has 0 spiro atoms. The molecule has 2 aliphatic rings. The number of ether oxygens (including phenoxy) is 2. The smallest absolute Gasteiger partial charge is 0.323 e. The van der Waals surface area contributed by atoms with E-state index in [1.54, 1.807) is 37.6 Å². The maximum atomic E-state index is 16.6. The number of β-amino-alcohol motifs (C(OH)–C–C–N with tert-alkyl or cyclic N) is 1. The first-order valence-electron chi connectivity index (χ1n) is 17.3. The van der Waals surface area contributed by atoms with Crippen molar-refractivity contribution in [3.63, 3.8) is 0 Å². The number of benzene rings is 2. The molecule has 3 unspecified atom stereocenters. The molecule has 2 aromatic carbocycles. The van der Waals surface area contributed by atoms with Crippen LogP contribution in [0.4, 0.5) is 4.39 Å². The molecule has 52 heavy (non-hydrogen) atoms. The molecule has 1 saturated heterocycles. The summed E-state index contributed by atoms with van der Waals surface area (Å²) in [5.41, 5.74) is 4.20. The number of nitrogens with zero attached hydrogens (tertiary/aromatic N) is 2. The molecule has 11 nitrogen and oxygen atoms in total. The van der Waals surface area contributed by atoms with E-state index in [2.05, 4.69) is 20.5 Å². The summed E-state index contributed by atoms with van der Waals surface area (Å²) in [6.45, 7) is 5.57. The van der Waals surface area contributed by atoms with Crippen LogP contribution in [-0.4, -0.2) is 88.7 Å². The highest BCUT2D eigenvalue weighted by molar-refractivity contribution is 5.94. The normalized spacial score (nSPS) is 21.1. The van der Waals surface area contributed by atoms with Crippen LogP contribution in [0.1, 0.15) is 57.2 Å². The summed E-state index contributed by atoms with van der Waals surface area (Å²) in [6, 6.07) is 13.1. The third-order valence-electron chi connectivity index (χ3n) is 9.82. The monoisotopic (exact) mass is 714 g/mol. The molecule has 1 fully saturated rings. The van der Waals surface area contributed by atoms with Crippen molar-refractivity contribution in [1.82, 2.24) is 20.5 Å². The number of carboxylic acids is 1. The number of hydrogen-bond donors (Lipinski definition) is 5. The van der Waals surface area contributed by atoms with Crippen molar-refractivity contribution >= 4 is 23.3 Å². The molecule has 5 N–H and O–H groups in total. The van der Waals surface area contributed by atoms with Gasteiger partial charge in [0.15, 0.2) is 0 Å². The first kappa shape index (κ1) is 38.5. The molecule has 4 atom stereocenters. The van der Waals surface area contributed by atoms with Gasteiger partial charge in [0.1, 0.15) is 23.3 Å². The maximum Gasteiger partial charge on any atom is 0.323 e. The second-order valence-corrected chi connectivity index (χ2v) is 13.3. The zero-order chi connectivity index (χ0) is 37.4. The topological polar surface area (TPSA) is 153 Å². The molecule has 5 rings (SSSR count). The Morgan fingerprint density at radius 2 is 1.94 bits per heavy atom. The highest BCUT2D eigenvalue weighted by atomic mass is 19.1. The van der Waals surface area contributed by atoms with Gasteiger partial charge in [-0.05, 0) is 59.4 Å². The number of likely N-dealkylation sites (tertiary alicyclic amines) is 1. The van der Waals surface area contributed by atoms with Crippen LogP contribution < -0.4 is 15.4 Å². The Bertz CT molecular complexity index is 1860. The van der Waals surface area contributed by atoms with Crippen molar-refractivity contribution in [3.8, 4) is 5.75 Å². The SMILES string of the molecule is COCc1cc(C(=O)NC2(/C=C(\F)c3ccc(CNC(CO)C(=O)O)c(OC)c3)C=CC=C(c3ccccc3C)C2C)ncc1CN1CC[C@H](O)C1. The molecule has 1 aliphatic heterocycles. The number of carbonyl (C=O) groups excluding carboxylic acids is 1. The molecule has 1 aromatic heterocycles. The number of carboxylic acid groups (broad SMARTS) is 1. The van der Waals surface area contributed by atoms with E-state index >= 15 is 4.39 Å². The van der Waals surface area contributed by atoms with E-state index in [0.29, 0.717) is 30.8 Å². The number of allylic oxidation sites excluding steroid dienone is 2. The summed E-state index contributed by atoms with van der Waals surface area (Å²) in [7, 11) is 3.02. The van der Waals surface area contributed by atoms with Gasteiger partial charge in [0.2, 0.25) is 0 Å². The first-order chi connectivity index (χ1) is 25.0. The molecule has 2 heterocycles. The number of pyridine rings is 1. The van der Waals surface area contributed by atoms with Crippen LogP contribution >= 0.6 is 0 Å². The minimum Gasteiger partial charge on any atom is -0.496 e. The third-order valence-corrected chi connectivity index (χ3v) is 9.82. The van der Waals surface area contributed by atoms with Crippen LogP contribution in [0.3, 0.4) is 0 Å². The molecule has 1 amide bonds. The van der Waals surface area contributed by atoms with Gasteiger partial charge < -0.3 is 30.1 Å².